The van der Waals surface area contributed by atoms with Crippen LogP contribution in [0, 0.1) is 0 Å². The molecule has 0 unspecified atom stereocenters. The lowest BCUT2D eigenvalue weighted by atomic mass is 10.0. The van der Waals surface area contributed by atoms with E-state index in [1.807, 2.05) is 32.9 Å². The second kappa shape index (κ2) is 5.92. The van der Waals surface area contributed by atoms with Crippen LogP contribution in [0.15, 0.2) is 60.7 Å². The maximum absolute atomic E-state index is 12.7. The van der Waals surface area contributed by atoms with Gasteiger partial charge in [-0.2, -0.15) is 0 Å². The van der Waals surface area contributed by atoms with Gasteiger partial charge in [0.25, 0.3) is 11.8 Å². The number of hydrogen-bond donors (Lipinski definition) is 0. The van der Waals surface area contributed by atoms with Gasteiger partial charge in [0.2, 0.25) is 0 Å². The van der Waals surface area contributed by atoms with Gasteiger partial charge in [0, 0.05) is 16.7 Å². The largest absolute Gasteiger partial charge is 0.269 e. The Morgan fingerprint density at radius 2 is 1.05 bits per heavy atom. The molecule has 2 rings (SSSR count). The van der Waals surface area contributed by atoms with E-state index in [0.717, 1.165) is 0 Å². The van der Waals surface area contributed by atoms with E-state index < -0.39 is 5.54 Å². The van der Waals surface area contributed by atoms with Gasteiger partial charge in [-0.15, -0.1) is 0 Å². The van der Waals surface area contributed by atoms with Gasteiger partial charge in [0.1, 0.15) is 0 Å². The molecule has 0 saturated heterocycles. The van der Waals surface area contributed by atoms with Crippen LogP contribution in [0.2, 0.25) is 0 Å². The van der Waals surface area contributed by atoms with E-state index in [2.05, 4.69) is 0 Å². The molecule has 0 aliphatic heterocycles. The fourth-order valence-corrected chi connectivity index (χ4v) is 2.12. The van der Waals surface area contributed by atoms with Crippen LogP contribution in [0.25, 0.3) is 0 Å². The SMILES string of the molecule is CC(C)(C)N(C(=O)c1ccccc1)C(=O)c1ccccc1. The van der Waals surface area contributed by atoms with Gasteiger partial charge in [-0.1, -0.05) is 36.4 Å². The molecule has 0 aliphatic rings. The molecule has 0 heterocycles. The molecule has 2 aromatic carbocycles. The van der Waals surface area contributed by atoms with Crippen molar-refractivity contribution >= 4 is 11.8 Å². The summed E-state index contributed by atoms with van der Waals surface area (Å²) < 4.78 is 0. The first kappa shape index (κ1) is 15.0. The number of carbonyl (C=O) groups excluding carboxylic acids is 2. The third kappa shape index (κ3) is 3.37. The molecular weight excluding hydrogens is 262 g/mol. The first-order valence-electron chi connectivity index (χ1n) is 6.90. The lowest BCUT2D eigenvalue weighted by molar-refractivity contribution is 0.0466. The van der Waals surface area contributed by atoms with Crippen molar-refractivity contribution in [1.29, 1.82) is 0 Å². The van der Waals surface area contributed by atoms with Crippen LogP contribution < -0.4 is 0 Å². The predicted molar refractivity (Wildman–Crippen MR) is 83.1 cm³/mol. The zero-order chi connectivity index (χ0) is 15.5. The molecule has 3 heteroatoms. The molecule has 0 N–H and O–H groups in total. The van der Waals surface area contributed by atoms with Gasteiger partial charge in [-0.3, -0.25) is 14.5 Å². The number of imide groups is 1. The monoisotopic (exact) mass is 281 g/mol. The number of benzene rings is 2. The van der Waals surface area contributed by atoms with Crippen molar-refractivity contribution in [3.8, 4) is 0 Å². The van der Waals surface area contributed by atoms with Crippen molar-refractivity contribution < 1.29 is 9.59 Å². The normalized spacial score (nSPS) is 11.0. The Balaban J connectivity index is 2.41. The topological polar surface area (TPSA) is 37.4 Å². The Kier molecular flexibility index (Phi) is 4.22. The molecule has 0 aromatic heterocycles. The van der Waals surface area contributed by atoms with Crippen molar-refractivity contribution in [3.05, 3.63) is 71.8 Å². The lowest BCUT2D eigenvalue weighted by Crippen LogP contribution is -2.49. The summed E-state index contributed by atoms with van der Waals surface area (Å²) in [5.41, 5.74) is 0.424. The number of nitrogens with zero attached hydrogens (tertiary/aromatic N) is 1. The minimum atomic E-state index is -0.597. The molecule has 108 valence electrons. The van der Waals surface area contributed by atoms with E-state index in [0.29, 0.717) is 11.1 Å². The third-order valence-corrected chi connectivity index (χ3v) is 3.12. The van der Waals surface area contributed by atoms with Crippen LogP contribution in [0.3, 0.4) is 0 Å². The summed E-state index contributed by atoms with van der Waals surface area (Å²) in [5.74, 6) is -0.561. The maximum Gasteiger partial charge on any atom is 0.261 e. The molecule has 2 aromatic rings. The molecular formula is C18H19NO2. The Hall–Kier alpha value is -2.42. The van der Waals surface area contributed by atoms with Crippen LogP contribution >= 0.6 is 0 Å². The molecule has 0 atom stereocenters. The number of hydrogen-bond acceptors (Lipinski definition) is 2. The summed E-state index contributed by atoms with van der Waals surface area (Å²) >= 11 is 0. The quantitative estimate of drug-likeness (QED) is 0.786. The predicted octanol–water partition coefficient (Wildman–Crippen LogP) is 3.77. The van der Waals surface area contributed by atoms with Gasteiger partial charge >= 0.3 is 0 Å². The summed E-state index contributed by atoms with van der Waals surface area (Å²) in [6.07, 6.45) is 0. The summed E-state index contributed by atoms with van der Waals surface area (Å²) in [7, 11) is 0. The molecule has 0 spiro atoms. The van der Waals surface area contributed by atoms with E-state index >= 15 is 0 Å². The van der Waals surface area contributed by atoms with Gasteiger partial charge < -0.3 is 0 Å². The third-order valence-electron chi connectivity index (χ3n) is 3.12. The summed E-state index contributed by atoms with van der Waals surface area (Å²) in [4.78, 5) is 26.7. The standard InChI is InChI=1S/C18H19NO2/c1-18(2,3)19(16(20)14-10-6-4-7-11-14)17(21)15-12-8-5-9-13-15/h4-13H,1-3H3. The smallest absolute Gasteiger partial charge is 0.261 e. The second-order valence-corrected chi connectivity index (χ2v) is 5.85. The van der Waals surface area contributed by atoms with Crippen LogP contribution in [0.1, 0.15) is 41.5 Å². The number of carbonyl (C=O) groups is 2. The minimum Gasteiger partial charge on any atom is -0.269 e. The molecule has 3 nitrogen and oxygen atoms in total. The van der Waals surface area contributed by atoms with Crippen molar-refractivity contribution in [1.82, 2.24) is 4.90 Å². The zero-order valence-electron chi connectivity index (χ0n) is 12.5. The summed E-state index contributed by atoms with van der Waals surface area (Å²) in [6.45, 7) is 5.57. The fraction of sp³-hybridized carbons (Fsp3) is 0.222. The van der Waals surface area contributed by atoms with Crippen molar-refractivity contribution in [3.63, 3.8) is 0 Å². The maximum atomic E-state index is 12.7. The highest BCUT2D eigenvalue weighted by Gasteiger charge is 2.33. The van der Waals surface area contributed by atoms with Crippen LogP contribution in [0.4, 0.5) is 0 Å². The number of rotatable bonds is 2. The van der Waals surface area contributed by atoms with E-state index in [1.54, 1.807) is 48.5 Å². The van der Waals surface area contributed by atoms with E-state index in [1.165, 1.54) is 4.90 Å². The zero-order valence-corrected chi connectivity index (χ0v) is 12.5. The first-order valence-corrected chi connectivity index (χ1v) is 6.90. The molecule has 0 saturated carbocycles. The van der Waals surface area contributed by atoms with Gasteiger partial charge in [-0.05, 0) is 45.0 Å². The Morgan fingerprint density at radius 3 is 1.33 bits per heavy atom. The molecule has 21 heavy (non-hydrogen) atoms. The Labute approximate surface area is 125 Å². The highest BCUT2D eigenvalue weighted by Crippen LogP contribution is 2.20. The minimum absolute atomic E-state index is 0.281. The van der Waals surface area contributed by atoms with Gasteiger partial charge in [-0.25, -0.2) is 0 Å². The van der Waals surface area contributed by atoms with Crippen LogP contribution in [-0.2, 0) is 0 Å². The average molecular weight is 281 g/mol. The van der Waals surface area contributed by atoms with Crippen LogP contribution in [-0.4, -0.2) is 22.3 Å². The molecule has 0 fully saturated rings. The highest BCUT2D eigenvalue weighted by atomic mass is 16.2. The molecule has 2 amide bonds. The Bertz CT molecular complexity index is 576. The fourth-order valence-electron chi connectivity index (χ4n) is 2.12. The first-order chi connectivity index (χ1) is 9.91. The second-order valence-electron chi connectivity index (χ2n) is 5.85. The molecule has 0 bridgehead atoms. The highest BCUT2D eigenvalue weighted by molar-refractivity contribution is 6.10. The van der Waals surface area contributed by atoms with Crippen molar-refractivity contribution in [2.24, 2.45) is 0 Å². The van der Waals surface area contributed by atoms with Gasteiger partial charge in [0.05, 0.1) is 0 Å². The van der Waals surface area contributed by atoms with E-state index in [-0.39, 0.29) is 11.8 Å². The summed E-state index contributed by atoms with van der Waals surface area (Å²) in [5, 5.41) is 0. The lowest BCUT2D eigenvalue weighted by Gasteiger charge is -2.34. The summed E-state index contributed by atoms with van der Waals surface area (Å²) in [6, 6.07) is 17.7. The molecule has 0 radical (unpaired) electrons. The number of amides is 2. The van der Waals surface area contributed by atoms with Crippen molar-refractivity contribution in [2.75, 3.05) is 0 Å². The van der Waals surface area contributed by atoms with E-state index in [4.69, 9.17) is 0 Å². The Morgan fingerprint density at radius 1 is 0.714 bits per heavy atom. The van der Waals surface area contributed by atoms with Crippen LogP contribution in [0.5, 0.6) is 0 Å². The average Bonchev–Trinajstić information content (AvgIpc) is 2.47. The van der Waals surface area contributed by atoms with Crippen molar-refractivity contribution in [2.45, 2.75) is 26.3 Å². The van der Waals surface area contributed by atoms with E-state index in [9.17, 15) is 9.59 Å². The molecule has 0 aliphatic carbocycles. The van der Waals surface area contributed by atoms with Gasteiger partial charge in [0.15, 0.2) is 0 Å².